The highest BCUT2D eigenvalue weighted by Gasteiger charge is 2.02. The van der Waals surface area contributed by atoms with Gasteiger partial charge >= 0.3 is 5.69 Å². The third-order valence-electron chi connectivity index (χ3n) is 2.57. The summed E-state index contributed by atoms with van der Waals surface area (Å²) in [5, 5.41) is 11.8. The number of aromatic nitrogens is 4. The monoisotopic (exact) mass is 252 g/mol. The summed E-state index contributed by atoms with van der Waals surface area (Å²) < 4.78 is 0. The maximum Gasteiger partial charge on any atom is 0.323 e. The lowest BCUT2D eigenvalue weighted by Gasteiger charge is -2.04. The van der Waals surface area contributed by atoms with Gasteiger partial charge in [-0.2, -0.15) is 5.26 Å². The Morgan fingerprint density at radius 1 is 1.16 bits per heavy atom. The Hall–Kier alpha value is -3.14. The van der Waals surface area contributed by atoms with E-state index in [1.165, 1.54) is 6.33 Å². The third kappa shape index (κ3) is 2.14. The first-order valence-corrected chi connectivity index (χ1v) is 5.46. The number of benzene rings is 1. The zero-order valence-electron chi connectivity index (χ0n) is 9.64. The van der Waals surface area contributed by atoms with Crippen molar-refractivity contribution in [2.75, 3.05) is 5.32 Å². The average molecular weight is 252 g/mol. The van der Waals surface area contributed by atoms with Crippen LogP contribution in [0.2, 0.25) is 0 Å². The molecule has 0 unspecified atom stereocenters. The molecule has 92 valence electrons. The molecule has 0 fully saturated rings. The molecule has 0 amide bonds. The van der Waals surface area contributed by atoms with E-state index in [4.69, 9.17) is 5.26 Å². The molecule has 7 nitrogen and oxygen atoms in total. The van der Waals surface area contributed by atoms with Gasteiger partial charge in [0, 0.05) is 11.8 Å². The number of nitriles is 1. The Morgan fingerprint density at radius 3 is 2.84 bits per heavy atom. The molecule has 0 bridgehead atoms. The number of nitrogens with one attached hydrogen (secondary N) is 3. The van der Waals surface area contributed by atoms with Crippen molar-refractivity contribution in [1.82, 2.24) is 19.9 Å². The van der Waals surface area contributed by atoms with Crippen LogP contribution in [0.15, 0.2) is 35.4 Å². The molecule has 0 aliphatic carbocycles. The minimum atomic E-state index is -0.249. The number of hydrogen-bond donors (Lipinski definition) is 3. The fourth-order valence-electron chi connectivity index (χ4n) is 1.74. The summed E-state index contributed by atoms with van der Waals surface area (Å²) in [6.45, 7) is 0. The molecular formula is C12H8N6O. The van der Waals surface area contributed by atoms with Crippen LogP contribution in [0.1, 0.15) is 5.69 Å². The molecule has 0 saturated heterocycles. The highest BCUT2D eigenvalue weighted by Crippen LogP contribution is 2.18. The van der Waals surface area contributed by atoms with E-state index < -0.39 is 0 Å². The third-order valence-corrected chi connectivity index (χ3v) is 2.57. The van der Waals surface area contributed by atoms with Gasteiger partial charge in [0.25, 0.3) is 0 Å². The van der Waals surface area contributed by atoms with Gasteiger partial charge in [0.1, 0.15) is 23.9 Å². The SMILES string of the molecule is N#Cc1cc(Nc2ccc3[nH]c(=O)[nH]c3c2)ncn1. The molecule has 0 aliphatic rings. The second-order valence-electron chi connectivity index (χ2n) is 3.86. The maximum atomic E-state index is 11.2. The van der Waals surface area contributed by atoms with Gasteiger partial charge in [-0.25, -0.2) is 14.8 Å². The quantitative estimate of drug-likeness (QED) is 0.636. The summed E-state index contributed by atoms with van der Waals surface area (Å²) >= 11 is 0. The minimum absolute atomic E-state index is 0.249. The normalized spacial score (nSPS) is 10.3. The Balaban J connectivity index is 1.96. The lowest BCUT2D eigenvalue weighted by Crippen LogP contribution is -1.99. The van der Waals surface area contributed by atoms with E-state index >= 15 is 0 Å². The van der Waals surface area contributed by atoms with Gasteiger partial charge in [-0.15, -0.1) is 0 Å². The van der Waals surface area contributed by atoms with Crippen LogP contribution >= 0.6 is 0 Å². The van der Waals surface area contributed by atoms with Crippen LogP contribution in [0, 0.1) is 11.3 Å². The molecule has 0 radical (unpaired) electrons. The van der Waals surface area contributed by atoms with Gasteiger partial charge in [-0.05, 0) is 18.2 Å². The predicted molar refractivity (Wildman–Crippen MR) is 68.9 cm³/mol. The second-order valence-corrected chi connectivity index (χ2v) is 3.86. The summed E-state index contributed by atoms with van der Waals surface area (Å²) in [6, 6.07) is 8.85. The number of hydrogen-bond acceptors (Lipinski definition) is 5. The van der Waals surface area contributed by atoms with E-state index in [1.807, 2.05) is 6.07 Å². The molecule has 0 atom stereocenters. The summed E-state index contributed by atoms with van der Waals surface area (Å²) in [4.78, 5) is 24.3. The zero-order valence-corrected chi connectivity index (χ0v) is 9.64. The van der Waals surface area contributed by atoms with Gasteiger partial charge in [-0.3, -0.25) is 0 Å². The molecule has 0 spiro atoms. The number of anilines is 2. The van der Waals surface area contributed by atoms with E-state index in [2.05, 4.69) is 25.3 Å². The minimum Gasteiger partial charge on any atom is -0.340 e. The molecule has 1 aromatic carbocycles. The molecule has 3 aromatic rings. The van der Waals surface area contributed by atoms with Gasteiger partial charge in [0.15, 0.2) is 0 Å². The van der Waals surface area contributed by atoms with Crippen molar-refractivity contribution in [3.05, 3.63) is 46.8 Å². The summed E-state index contributed by atoms with van der Waals surface area (Å²) in [5.41, 5.74) is 2.22. The Bertz CT molecular complexity index is 841. The molecule has 7 heteroatoms. The topological polar surface area (TPSA) is 110 Å². The van der Waals surface area contributed by atoms with E-state index in [0.717, 1.165) is 11.2 Å². The lowest BCUT2D eigenvalue weighted by molar-refractivity contribution is 1.14. The maximum absolute atomic E-state index is 11.2. The van der Waals surface area contributed by atoms with Crippen molar-refractivity contribution in [3.8, 4) is 6.07 Å². The van der Waals surface area contributed by atoms with Crippen LogP contribution < -0.4 is 11.0 Å². The van der Waals surface area contributed by atoms with Crippen molar-refractivity contribution in [3.63, 3.8) is 0 Å². The summed E-state index contributed by atoms with van der Waals surface area (Å²) in [6.07, 6.45) is 1.32. The Morgan fingerprint density at radius 2 is 2.00 bits per heavy atom. The van der Waals surface area contributed by atoms with Crippen molar-refractivity contribution in [2.45, 2.75) is 0 Å². The fourth-order valence-corrected chi connectivity index (χ4v) is 1.74. The zero-order chi connectivity index (χ0) is 13.2. The Labute approximate surface area is 107 Å². The largest absolute Gasteiger partial charge is 0.340 e. The molecule has 3 rings (SSSR count). The molecule has 2 aromatic heterocycles. The van der Waals surface area contributed by atoms with E-state index in [0.29, 0.717) is 11.3 Å². The highest BCUT2D eigenvalue weighted by molar-refractivity contribution is 5.79. The van der Waals surface area contributed by atoms with Crippen LogP contribution in [-0.4, -0.2) is 19.9 Å². The molecule has 3 N–H and O–H groups in total. The van der Waals surface area contributed by atoms with Crippen molar-refractivity contribution < 1.29 is 0 Å². The fraction of sp³-hybridized carbons (Fsp3) is 0. The first-order valence-electron chi connectivity index (χ1n) is 5.46. The van der Waals surface area contributed by atoms with Crippen LogP contribution in [-0.2, 0) is 0 Å². The standard InChI is InChI=1S/C12H8N6O/c13-5-8-4-11(15-6-14-8)16-7-1-2-9-10(3-7)18-12(19)17-9/h1-4,6H,(H,14,15,16)(H2,17,18,19). The lowest BCUT2D eigenvalue weighted by atomic mass is 10.2. The molecule has 2 heterocycles. The van der Waals surface area contributed by atoms with Gasteiger partial charge in [-0.1, -0.05) is 0 Å². The van der Waals surface area contributed by atoms with Crippen LogP contribution in [0.25, 0.3) is 11.0 Å². The highest BCUT2D eigenvalue weighted by atomic mass is 16.1. The van der Waals surface area contributed by atoms with E-state index in [9.17, 15) is 4.79 Å². The average Bonchev–Trinajstić information content (AvgIpc) is 2.78. The number of aromatic amines is 2. The van der Waals surface area contributed by atoms with Crippen LogP contribution in [0.5, 0.6) is 0 Å². The summed E-state index contributed by atoms with van der Waals surface area (Å²) in [7, 11) is 0. The van der Waals surface area contributed by atoms with Crippen LogP contribution in [0.3, 0.4) is 0 Å². The molecule has 0 saturated carbocycles. The number of fused-ring (bicyclic) bond motifs is 1. The van der Waals surface area contributed by atoms with Crippen molar-refractivity contribution in [2.24, 2.45) is 0 Å². The second kappa shape index (κ2) is 4.27. The summed E-state index contributed by atoms with van der Waals surface area (Å²) in [5.74, 6) is 0.517. The van der Waals surface area contributed by atoms with Crippen molar-refractivity contribution >= 4 is 22.5 Å². The van der Waals surface area contributed by atoms with E-state index in [-0.39, 0.29) is 11.4 Å². The number of imidazole rings is 1. The first-order chi connectivity index (χ1) is 9.24. The number of H-pyrrole nitrogens is 2. The molecule has 0 aliphatic heterocycles. The van der Waals surface area contributed by atoms with Crippen LogP contribution in [0.4, 0.5) is 11.5 Å². The molecule has 19 heavy (non-hydrogen) atoms. The number of nitrogens with zero attached hydrogens (tertiary/aromatic N) is 3. The van der Waals surface area contributed by atoms with Gasteiger partial charge in [0.05, 0.1) is 11.0 Å². The number of rotatable bonds is 2. The predicted octanol–water partition coefficient (Wildman–Crippen LogP) is 1.26. The smallest absolute Gasteiger partial charge is 0.323 e. The van der Waals surface area contributed by atoms with E-state index in [1.54, 1.807) is 24.3 Å². The van der Waals surface area contributed by atoms with Gasteiger partial charge in [0.2, 0.25) is 0 Å². The van der Waals surface area contributed by atoms with Crippen molar-refractivity contribution in [1.29, 1.82) is 5.26 Å². The Kier molecular flexibility index (Phi) is 2.47. The molecular weight excluding hydrogens is 244 g/mol. The van der Waals surface area contributed by atoms with Gasteiger partial charge < -0.3 is 15.3 Å². The first kappa shape index (κ1) is 11.0.